The van der Waals surface area contributed by atoms with Crippen molar-refractivity contribution in [3.63, 3.8) is 0 Å². The number of alkyl carbamates (subject to hydrolysis) is 1. The number of nitrogens with zero attached hydrogens (tertiary/aromatic N) is 2. The molecule has 4 amide bonds. The summed E-state index contributed by atoms with van der Waals surface area (Å²) in [7, 11) is -3.92. The number of pyridine rings is 1. The number of carbonyl (C=O) groups is 4. The van der Waals surface area contributed by atoms with E-state index in [4.69, 9.17) is 19.2 Å². The minimum Gasteiger partial charge on any atom is -0.488 e. The highest BCUT2D eigenvalue weighted by molar-refractivity contribution is 7.91. The molecule has 0 radical (unpaired) electrons. The van der Waals surface area contributed by atoms with E-state index in [-0.39, 0.29) is 31.2 Å². The molecular formula is C49H59N5O9S. The van der Waals surface area contributed by atoms with Gasteiger partial charge >= 0.3 is 6.09 Å². The molecular weight excluding hydrogens is 835 g/mol. The van der Waals surface area contributed by atoms with Crippen LogP contribution in [0.4, 0.5) is 4.79 Å². The lowest BCUT2D eigenvalue weighted by molar-refractivity contribution is -0.142. The minimum absolute atomic E-state index is 0.0270. The smallest absolute Gasteiger partial charge is 0.408 e. The monoisotopic (exact) mass is 893 g/mol. The molecule has 0 spiro atoms. The van der Waals surface area contributed by atoms with Gasteiger partial charge in [-0.1, -0.05) is 73.5 Å². The zero-order chi connectivity index (χ0) is 44.6. The van der Waals surface area contributed by atoms with Crippen molar-refractivity contribution in [3.8, 4) is 11.6 Å². The summed E-state index contributed by atoms with van der Waals surface area (Å²) in [4.78, 5) is 64.1. The van der Waals surface area contributed by atoms with Crippen LogP contribution in [0, 0.1) is 17.8 Å². The first-order chi connectivity index (χ1) is 30.9. The Labute approximate surface area is 375 Å². The van der Waals surface area contributed by atoms with Crippen LogP contribution < -0.4 is 24.8 Å². The van der Waals surface area contributed by atoms with Gasteiger partial charge in [-0.2, -0.15) is 0 Å². The van der Waals surface area contributed by atoms with Gasteiger partial charge in [-0.25, -0.2) is 18.2 Å². The zero-order valence-electron chi connectivity index (χ0n) is 36.5. The number of ether oxygens (including phenoxy) is 3. The molecule has 340 valence electrons. The number of hydrogen-bond acceptors (Lipinski definition) is 10. The Bertz CT molecular complexity index is 2440. The summed E-state index contributed by atoms with van der Waals surface area (Å²) >= 11 is 0. The van der Waals surface area contributed by atoms with Crippen LogP contribution in [0.15, 0.2) is 79.4 Å². The van der Waals surface area contributed by atoms with E-state index in [1.165, 1.54) is 11.0 Å². The van der Waals surface area contributed by atoms with Crippen LogP contribution in [-0.2, 0) is 42.2 Å². The average Bonchev–Trinajstić information content (AvgIpc) is 4.10. The molecule has 1 saturated heterocycles. The third kappa shape index (κ3) is 8.96. The van der Waals surface area contributed by atoms with Crippen molar-refractivity contribution in [2.24, 2.45) is 17.8 Å². The molecule has 2 aromatic carbocycles. The third-order valence-corrected chi connectivity index (χ3v) is 16.3. The maximum Gasteiger partial charge on any atom is 0.408 e. The molecule has 14 nitrogen and oxygen atoms in total. The number of hydrogen-bond donors (Lipinski definition) is 3. The number of amides is 4. The van der Waals surface area contributed by atoms with Crippen molar-refractivity contribution in [3.05, 3.63) is 90.5 Å². The predicted molar refractivity (Wildman–Crippen MR) is 239 cm³/mol. The number of aromatic nitrogens is 1. The van der Waals surface area contributed by atoms with Crippen molar-refractivity contribution >= 4 is 44.7 Å². The van der Waals surface area contributed by atoms with E-state index in [0.29, 0.717) is 62.3 Å². The standard InChI is InChI=1S/C49H59N5O9S/c1-3-33-28-49(33,46(57)53-64(59,60)36-24-25-36)52-43(55)40-27-35-29-54(40)45(56)41(32-17-10-11-18-32)51-47(58)63-48(2)26-14-20-34(48)19-8-5-9-22-38-42(61-30-31-15-6-4-7-16-31)37-21-12-13-23-39(37)50-44(38)62-35/h3-7,9,12-13,15-16,21,23,32-36,40-41H,1,8,10-11,14,17-20,22,24-30H2,2H3,(H,51,58)(H,52,55)(H,53,57)/b9-5+/t33-,34-,35-,40+,41+,48-,49-/m1/s1. The first-order valence-corrected chi connectivity index (χ1v) is 24.6. The molecule has 4 aliphatic carbocycles. The van der Waals surface area contributed by atoms with Gasteiger partial charge in [-0.3, -0.25) is 19.1 Å². The molecule has 5 fully saturated rings. The van der Waals surface area contributed by atoms with Crippen LogP contribution in [0.5, 0.6) is 11.6 Å². The molecule has 7 atom stereocenters. The Morgan fingerprint density at radius 2 is 1.77 bits per heavy atom. The quantitative estimate of drug-likeness (QED) is 0.189. The summed E-state index contributed by atoms with van der Waals surface area (Å²) in [6.07, 6.45) is 13.2. The Morgan fingerprint density at radius 1 is 1.00 bits per heavy atom. The number of sulfonamides is 1. The van der Waals surface area contributed by atoms with Gasteiger partial charge in [-0.05, 0) is 107 Å². The molecule has 4 saturated carbocycles. The molecule has 6 aliphatic rings. The number of rotatable bonds is 10. The van der Waals surface area contributed by atoms with E-state index in [0.717, 1.165) is 55.0 Å². The number of allylic oxidation sites excluding steroid dienone is 2. The van der Waals surface area contributed by atoms with Gasteiger partial charge in [-0.15, -0.1) is 6.58 Å². The van der Waals surface area contributed by atoms with E-state index in [9.17, 15) is 22.8 Å². The molecule has 3 N–H and O–H groups in total. The molecule has 3 heterocycles. The summed E-state index contributed by atoms with van der Waals surface area (Å²) in [5, 5.41) is 6.05. The van der Waals surface area contributed by atoms with E-state index in [1.54, 1.807) is 0 Å². The van der Waals surface area contributed by atoms with Crippen LogP contribution in [0.25, 0.3) is 10.9 Å². The molecule has 64 heavy (non-hydrogen) atoms. The number of para-hydroxylation sites is 1. The summed E-state index contributed by atoms with van der Waals surface area (Å²) in [5.41, 5.74) is 0.0826. The van der Waals surface area contributed by atoms with Gasteiger partial charge in [0.15, 0.2) is 0 Å². The number of fused-ring (bicyclic) bond motifs is 5. The SMILES string of the molecule is C=C[C@@H]1C[C@]1(NC(=O)[C@@H]1C[C@@H]2CN1C(=O)[C@H](C1CCCC1)NC(=O)O[C@]1(C)CCC[C@H]1CC/C=C/Cc1c(nc3ccccc3c1OCc1ccccc1)O2)C(=O)NS(=O)(=O)C1CC1. The van der Waals surface area contributed by atoms with E-state index in [1.807, 2.05) is 61.5 Å². The maximum atomic E-state index is 15.2. The Hall–Kier alpha value is -5.44. The van der Waals surface area contributed by atoms with Crippen LogP contribution >= 0.6 is 0 Å². The predicted octanol–water partition coefficient (Wildman–Crippen LogP) is 6.57. The van der Waals surface area contributed by atoms with Crippen LogP contribution in [0.2, 0.25) is 0 Å². The van der Waals surface area contributed by atoms with Gasteiger partial charge in [0, 0.05) is 17.7 Å². The Balaban J connectivity index is 1.09. The van der Waals surface area contributed by atoms with E-state index in [2.05, 4.69) is 34.1 Å². The Kier molecular flexibility index (Phi) is 12.2. The average molecular weight is 894 g/mol. The fraction of sp³-hybridized carbons (Fsp3) is 0.531. The lowest BCUT2D eigenvalue weighted by atomic mass is 9.88. The van der Waals surface area contributed by atoms with Gasteiger partial charge in [0.2, 0.25) is 27.7 Å². The molecule has 1 aromatic heterocycles. The summed E-state index contributed by atoms with van der Waals surface area (Å²) in [6.45, 7) is 6.11. The number of carbonyl (C=O) groups excluding carboxylic acids is 4. The maximum absolute atomic E-state index is 15.2. The second-order valence-corrected chi connectivity index (χ2v) is 20.9. The molecule has 2 aliphatic heterocycles. The van der Waals surface area contributed by atoms with Crippen LogP contribution in [0.3, 0.4) is 0 Å². The van der Waals surface area contributed by atoms with E-state index < -0.39 is 74.3 Å². The van der Waals surface area contributed by atoms with Crippen molar-refractivity contribution in [2.45, 2.75) is 138 Å². The first kappa shape index (κ1) is 43.8. The molecule has 9 rings (SSSR count). The van der Waals surface area contributed by atoms with Crippen molar-refractivity contribution in [2.75, 3.05) is 6.54 Å². The van der Waals surface area contributed by atoms with Crippen molar-refractivity contribution in [1.82, 2.24) is 25.2 Å². The van der Waals surface area contributed by atoms with Crippen LogP contribution in [0.1, 0.15) is 102 Å². The number of nitrogens with one attached hydrogen (secondary N) is 3. The topological polar surface area (TPSA) is 182 Å². The molecule has 15 heteroatoms. The third-order valence-electron chi connectivity index (χ3n) is 14.5. The fourth-order valence-corrected chi connectivity index (χ4v) is 11.9. The van der Waals surface area contributed by atoms with Crippen molar-refractivity contribution < 1.29 is 41.8 Å². The molecule has 2 bridgehead atoms. The van der Waals surface area contributed by atoms with Gasteiger partial charge < -0.3 is 29.7 Å². The Morgan fingerprint density at radius 3 is 2.52 bits per heavy atom. The van der Waals surface area contributed by atoms with Gasteiger partial charge in [0.1, 0.15) is 41.7 Å². The number of benzene rings is 2. The second kappa shape index (κ2) is 17.9. The fourth-order valence-electron chi connectivity index (χ4n) is 10.6. The normalized spacial score (nSPS) is 30.4. The summed E-state index contributed by atoms with van der Waals surface area (Å²) in [6, 6.07) is 15.5. The second-order valence-electron chi connectivity index (χ2n) is 18.9. The molecule has 3 aromatic rings. The molecule has 0 unspecified atom stereocenters. The largest absolute Gasteiger partial charge is 0.488 e. The van der Waals surface area contributed by atoms with Crippen LogP contribution in [-0.4, -0.2) is 83.2 Å². The summed E-state index contributed by atoms with van der Waals surface area (Å²) < 4.78 is 47.9. The van der Waals surface area contributed by atoms with E-state index >= 15 is 4.79 Å². The highest BCUT2D eigenvalue weighted by atomic mass is 32.2. The lowest BCUT2D eigenvalue weighted by Gasteiger charge is -2.34. The highest BCUT2D eigenvalue weighted by Gasteiger charge is 2.62. The van der Waals surface area contributed by atoms with Gasteiger partial charge in [0.25, 0.3) is 5.91 Å². The lowest BCUT2D eigenvalue weighted by Crippen LogP contribution is -2.59. The first-order valence-electron chi connectivity index (χ1n) is 23.1. The highest BCUT2D eigenvalue weighted by Crippen LogP contribution is 2.46. The van der Waals surface area contributed by atoms with Crippen molar-refractivity contribution in [1.29, 1.82) is 0 Å². The minimum atomic E-state index is -3.92. The zero-order valence-corrected chi connectivity index (χ0v) is 37.3. The van der Waals surface area contributed by atoms with Gasteiger partial charge in [0.05, 0.1) is 22.9 Å². The summed E-state index contributed by atoms with van der Waals surface area (Å²) in [5.74, 6) is -1.57.